The van der Waals surface area contributed by atoms with Gasteiger partial charge in [0.15, 0.2) is 0 Å². The van der Waals surface area contributed by atoms with Crippen molar-refractivity contribution >= 4 is 28.0 Å². The van der Waals surface area contributed by atoms with Crippen LogP contribution in [0.2, 0.25) is 0 Å². The summed E-state index contributed by atoms with van der Waals surface area (Å²) >= 11 is 3.33. The molecule has 0 aliphatic carbocycles. The Bertz CT molecular complexity index is 979. The first-order valence-electron chi connectivity index (χ1n) is 9.57. The average molecular weight is 503 g/mol. The van der Waals surface area contributed by atoms with E-state index in [1.165, 1.54) is 22.1 Å². The van der Waals surface area contributed by atoms with Gasteiger partial charge in [-0.15, -0.1) is 0 Å². The Labute approximate surface area is 184 Å². The van der Waals surface area contributed by atoms with Crippen molar-refractivity contribution in [2.75, 3.05) is 18.0 Å². The van der Waals surface area contributed by atoms with Gasteiger partial charge in [-0.2, -0.15) is 0 Å². The summed E-state index contributed by atoms with van der Waals surface area (Å²) in [5, 5.41) is 0. The zero-order valence-electron chi connectivity index (χ0n) is 16.5. The Morgan fingerprint density at radius 1 is 1.19 bits per heavy atom. The van der Waals surface area contributed by atoms with Crippen LogP contribution in [0.4, 0.5) is 28.3 Å². The van der Waals surface area contributed by atoms with Gasteiger partial charge in [-0.3, -0.25) is 4.90 Å². The highest BCUT2D eigenvalue weighted by Gasteiger charge is 2.45. The number of anilines is 1. The van der Waals surface area contributed by atoms with E-state index >= 15 is 0 Å². The standard InChI is InChI=1S/C20H19BrF4N4O2/c1-11-17(14-3-12(5-22)2-13(4-14)6-23)31-19(30)29(11)8-16-15(21)7-26-18(27-16)28-9-20(24,25)10-28/h2-4,7,11,17H,5-6,8-10H2,1H3/t11-,17-/m0/s1. The van der Waals surface area contributed by atoms with Gasteiger partial charge < -0.3 is 9.64 Å². The van der Waals surface area contributed by atoms with Crippen LogP contribution in [-0.4, -0.2) is 46.0 Å². The number of alkyl halides is 4. The third-order valence-corrected chi connectivity index (χ3v) is 6.02. The van der Waals surface area contributed by atoms with E-state index in [2.05, 4.69) is 25.9 Å². The van der Waals surface area contributed by atoms with Crippen LogP contribution in [0.25, 0.3) is 0 Å². The number of rotatable bonds is 6. The number of halogens is 5. The summed E-state index contributed by atoms with van der Waals surface area (Å²) in [6, 6.07) is 4.09. The minimum atomic E-state index is -2.76. The highest BCUT2D eigenvalue weighted by atomic mass is 79.9. The lowest BCUT2D eigenvalue weighted by Gasteiger charge is -2.38. The van der Waals surface area contributed by atoms with Crippen molar-refractivity contribution in [3.63, 3.8) is 0 Å². The maximum Gasteiger partial charge on any atom is 0.411 e. The summed E-state index contributed by atoms with van der Waals surface area (Å²) in [6.07, 6.45) is 0.140. The summed E-state index contributed by atoms with van der Waals surface area (Å²) in [5.41, 5.74) is 1.56. The summed E-state index contributed by atoms with van der Waals surface area (Å²) in [7, 11) is 0. The molecule has 2 aliphatic heterocycles. The number of benzene rings is 1. The molecule has 166 valence electrons. The average Bonchev–Trinajstić information content (AvgIpc) is 3.01. The van der Waals surface area contributed by atoms with Crippen molar-refractivity contribution in [1.82, 2.24) is 14.9 Å². The molecule has 2 saturated heterocycles. The number of hydrogen-bond acceptors (Lipinski definition) is 5. The van der Waals surface area contributed by atoms with Crippen LogP contribution in [0.5, 0.6) is 0 Å². The smallest absolute Gasteiger partial charge is 0.411 e. The molecule has 0 N–H and O–H groups in total. The van der Waals surface area contributed by atoms with Crippen molar-refractivity contribution in [3.05, 3.63) is 51.3 Å². The first-order valence-corrected chi connectivity index (χ1v) is 10.4. The molecule has 2 aromatic rings. The summed E-state index contributed by atoms with van der Waals surface area (Å²) in [5.74, 6) is -2.60. The molecule has 2 fully saturated rings. The van der Waals surface area contributed by atoms with Gasteiger partial charge in [0, 0.05) is 6.20 Å². The van der Waals surface area contributed by atoms with Gasteiger partial charge in [0.25, 0.3) is 5.92 Å². The van der Waals surface area contributed by atoms with E-state index in [0.29, 0.717) is 26.9 Å². The molecule has 2 atom stereocenters. The maximum atomic E-state index is 13.2. The predicted molar refractivity (Wildman–Crippen MR) is 107 cm³/mol. The van der Waals surface area contributed by atoms with Gasteiger partial charge in [0.2, 0.25) is 5.95 Å². The first kappa shape index (κ1) is 21.8. The van der Waals surface area contributed by atoms with Crippen molar-refractivity contribution in [2.24, 2.45) is 0 Å². The molecule has 1 aromatic heterocycles. The molecule has 0 unspecified atom stereocenters. The zero-order chi connectivity index (χ0) is 22.3. The molecular formula is C20H19BrF4N4O2. The molecular weight excluding hydrogens is 484 g/mol. The second-order valence-electron chi connectivity index (χ2n) is 7.70. The Balaban J connectivity index is 1.55. The van der Waals surface area contributed by atoms with Gasteiger partial charge >= 0.3 is 6.09 Å². The van der Waals surface area contributed by atoms with Crippen LogP contribution in [0.1, 0.15) is 35.4 Å². The van der Waals surface area contributed by atoms with E-state index in [4.69, 9.17) is 4.74 Å². The molecule has 0 radical (unpaired) electrons. The molecule has 0 spiro atoms. The van der Waals surface area contributed by atoms with Gasteiger partial charge in [0.05, 0.1) is 35.8 Å². The van der Waals surface area contributed by atoms with Crippen LogP contribution in [0.15, 0.2) is 28.9 Å². The number of aromatic nitrogens is 2. The molecule has 0 bridgehead atoms. The van der Waals surface area contributed by atoms with Crippen LogP contribution in [0, 0.1) is 0 Å². The van der Waals surface area contributed by atoms with Gasteiger partial charge in [-0.25, -0.2) is 32.3 Å². The second-order valence-corrected chi connectivity index (χ2v) is 8.55. The molecule has 1 aromatic carbocycles. The number of ether oxygens (including phenoxy) is 1. The highest BCUT2D eigenvalue weighted by Crippen LogP contribution is 2.36. The minimum Gasteiger partial charge on any atom is -0.439 e. The number of hydrogen-bond donors (Lipinski definition) is 0. The van der Waals surface area contributed by atoms with E-state index in [9.17, 15) is 22.4 Å². The largest absolute Gasteiger partial charge is 0.439 e. The van der Waals surface area contributed by atoms with E-state index in [1.54, 1.807) is 19.1 Å². The quantitative estimate of drug-likeness (QED) is 0.535. The highest BCUT2D eigenvalue weighted by molar-refractivity contribution is 9.10. The summed E-state index contributed by atoms with van der Waals surface area (Å²) in [6.45, 7) is -0.619. The third-order valence-electron chi connectivity index (χ3n) is 5.36. The molecule has 0 saturated carbocycles. The third kappa shape index (κ3) is 4.32. The van der Waals surface area contributed by atoms with E-state index < -0.39 is 50.6 Å². The Morgan fingerprint density at radius 2 is 1.84 bits per heavy atom. The van der Waals surface area contributed by atoms with Gasteiger partial charge in [0.1, 0.15) is 19.5 Å². The first-order chi connectivity index (χ1) is 14.7. The van der Waals surface area contributed by atoms with E-state index in [1.807, 2.05) is 0 Å². The van der Waals surface area contributed by atoms with Crippen LogP contribution in [-0.2, 0) is 24.6 Å². The lowest BCUT2D eigenvalue weighted by atomic mass is 9.98. The van der Waals surface area contributed by atoms with Crippen LogP contribution < -0.4 is 4.90 Å². The molecule has 11 heteroatoms. The van der Waals surface area contributed by atoms with E-state index in [0.717, 1.165) is 0 Å². The molecule has 3 heterocycles. The lowest BCUT2D eigenvalue weighted by Crippen LogP contribution is -2.57. The molecule has 2 aliphatic rings. The predicted octanol–water partition coefficient (Wildman–Crippen LogP) is 4.72. The second kappa shape index (κ2) is 8.25. The monoisotopic (exact) mass is 502 g/mol. The Morgan fingerprint density at radius 3 is 2.42 bits per heavy atom. The molecule has 1 amide bonds. The zero-order valence-corrected chi connectivity index (χ0v) is 18.1. The minimum absolute atomic E-state index is 0.0512. The number of carbonyl (C=O) groups is 1. The van der Waals surface area contributed by atoms with Crippen molar-refractivity contribution in [1.29, 1.82) is 0 Å². The normalized spacial score (nSPS) is 22.5. The van der Waals surface area contributed by atoms with Crippen LogP contribution >= 0.6 is 15.9 Å². The number of amides is 1. The van der Waals surface area contributed by atoms with Gasteiger partial charge in [-0.1, -0.05) is 6.07 Å². The van der Waals surface area contributed by atoms with E-state index in [-0.39, 0.29) is 12.5 Å². The summed E-state index contributed by atoms with van der Waals surface area (Å²) < 4.78 is 58.7. The maximum absolute atomic E-state index is 13.2. The number of nitrogens with zero attached hydrogens (tertiary/aromatic N) is 4. The molecule has 4 rings (SSSR count). The van der Waals surface area contributed by atoms with Gasteiger partial charge in [-0.05, 0) is 51.7 Å². The fourth-order valence-corrected chi connectivity index (χ4v) is 4.06. The topological polar surface area (TPSA) is 58.6 Å². The van der Waals surface area contributed by atoms with Crippen molar-refractivity contribution in [2.45, 2.75) is 44.9 Å². The summed E-state index contributed by atoms with van der Waals surface area (Å²) in [4.78, 5) is 23.7. The number of carbonyl (C=O) groups excluding carboxylic acids is 1. The Hall–Kier alpha value is -2.43. The Kier molecular flexibility index (Phi) is 5.80. The fourth-order valence-electron chi connectivity index (χ4n) is 3.74. The molecule has 6 nitrogen and oxygen atoms in total. The van der Waals surface area contributed by atoms with Crippen molar-refractivity contribution < 1.29 is 27.1 Å². The lowest BCUT2D eigenvalue weighted by molar-refractivity contribution is -0.0272. The fraction of sp³-hybridized carbons (Fsp3) is 0.450. The SMILES string of the molecule is C[C@H]1[C@@H](c2cc(CF)cc(CF)c2)OC(=O)N1Cc1nc(N2CC(F)(F)C2)ncc1Br. The number of cyclic esters (lactones) is 1. The van der Waals surface area contributed by atoms with Crippen LogP contribution in [0.3, 0.4) is 0 Å². The molecule has 31 heavy (non-hydrogen) atoms. The van der Waals surface area contributed by atoms with Crippen molar-refractivity contribution in [3.8, 4) is 0 Å².